The van der Waals surface area contributed by atoms with E-state index in [4.69, 9.17) is 0 Å². The van der Waals surface area contributed by atoms with Gasteiger partial charge in [-0.15, -0.1) is 0 Å². The third-order valence-electron chi connectivity index (χ3n) is 7.08. The van der Waals surface area contributed by atoms with Crippen molar-refractivity contribution in [2.75, 3.05) is 0 Å². The largest absolute Gasteiger partial charge is 0.481 e. The molecule has 4 rings (SSSR count). The van der Waals surface area contributed by atoms with Crippen LogP contribution in [-0.4, -0.2) is 21.9 Å². The van der Waals surface area contributed by atoms with E-state index in [-0.39, 0.29) is 17.7 Å². The van der Waals surface area contributed by atoms with Crippen molar-refractivity contribution in [2.24, 2.45) is 5.41 Å². The number of fused-ring (bicyclic) bond motifs is 1. The number of allylic oxidation sites excluding steroid dienone is 2. The summed E-state index contributed by atoms with van der Waals surface area (Å²) >= 11 is 0. The molecular formula is C27H30FNO3. The summed E-state index contributed by atoms with van der Waals surface area (Å²) in [5.41, 5.74) is 7.88. The van der Waals surface area contributed by atoms with E-state index in [1.165, 1.54) is 17.7 Å². The van der Waals surface area contributed by atoms with Gasteiger partial charge in [0.25, 0.3) is 5.91 Å². The minimum Gasteiger partial charge on any atom is -0.481 e. The van der Waals surface area contributed by atoms with Crippen LogP contribution in [0.1, 0.15) is 76.8 Å². The van der Waals surface area contributed by atoms with Crippen LogP contribution in [0.3, 0.4) is 0 Å². The highest BCUT2D eigenvalue weighted by Gasteiger charge is 2.32. The van der Waals surface area contributed by atoms with Crippen LogP contribution >= 0.6 is 0 Å². The van der Waals surface area contributed by atoms with Gasteiger partial charge in [-0.05, 0) is 95.7 Å². The molecule has 32 heavy (non-hydrogen) atoms. The minimum absolute atomic E-state index is 0.0339. The van der Waals surface area contributed by atoms with E-state index in [9.17, 15) is 19.1 Å². The molecule has 0 fully saturated rings. The highest BCUT2D eigenvalue weighted by atomic mass is 19.1. The monoisotopic (exact) mass is 435 g/mol. The predicted molar refractivity (Wildman–Crippen MR) is 123 cm³/mol. The van der Waals surface area contributed by atoms with Gasteiger partial charge in [0, 0.05) is 18.7 Å². The molecule has 2 aromatic rings. The van der Waals surface area contributed by atoms with Gasteiger partial charge in [-0.2, -0.15) is 0 Å². The summed E-state index contributed by atoms with van der Waals surface area (Å²) in [4.78, 5) is 26.5. The van der Waals surface area contributed by atoms with Crippen LogP contribution in [0.15, 0.2) is 30.3 Å². The number of carboxylic acid groups (broad SMARTS) is 1. The van der Waals surface area contributed by atoms with E-state index in [2.05, 4.69) is 26.8 Å². The number of aliphatic carboxylic acids is 1. The molecule has 4 nitrogen and oxygen atoms in total. The van der Waals surface area contributed by atoms with Gasteiger partial charge in [0.05, 0.1) is 6.42 Å². The molecule has 0 saturated heterocycles. The zero-order valence-electron chi connectivity index (χ0n) is 19.2. The van der Waals surface area contributed by atoms with Crippen molar-refractivity contribution in [3.05, 3.63) is 75.1 Å². The van der Waals surface area contributed by atoms with Gasteiger partial charge in [0.15, 0.2) is 0 Å². The molecule has 1 heterocycles. The van der Waals surface area contributed by atoms with Gasteiger partial charge in [0.2, 0.25) is 0 Å². The lowest BCUT2D eigenvalue weighted by Crippen LogP contribution is -2.25. The molecule has 168 valence electrons. The molecule has 0 bridgehead atoms. The van der Waals surface area contributed by atoms with E-state index >= 15 is 0 Å². The number of nitrogens with zero attached hydrogens (tertiary/aromatic N) is 1. The smallest absolute Gasteiger partial charge is 0.307 e. The van der Waals surface area contributed by atoms with Gasteiger partial charge in [-0.3, -0.25) is 9.59 Å². The Labute approximate surface area is 188 Å². The van der Waals surface area contributed by atoms with E-state index in [0.717, 1.165) is 52.6 Å². The lowest BCUT2D eigenvalue weighted by molar-refractivity contribution is -0.136. The molecule has 2 aliphatic rings. The van der Waals surface area contributed by atoms with Gasteiger partial charge in [-0.25, -0.2) is 4.39 Å². The molecule has 1 amide bonds. The van der Waals surface area contributed by atoms with Crippen molar-refractivity contribution < 1.29 is 19.1 Å². The first kappa shape index (κ1) is 22.3. The average Bonchev–Trinajstić information content (AvgIpc) is 3.18. The second kappa shape index (κ2) is 8.19. The summed E-state index contributed by atoms with van der Waals surface area (Å²) in [7, 11) is 0. The summed E-state index contributed by atoms with van der Waals surface area (Å²) in [6.07, 6.45) is 5.19. The van der Waals surface area contributed by atoms with Gasteiger partial charge < -0.3 is 10.0 Å². The number of carbonyl (C=O) groups excluding carboxylic acids is 1. The first-order valence-corrected chi connectivity index (χ1v) is 11.2. The zero-order chi connectivity index (χ0) is 23.2. The fraction of sp³-hybridized carbons (Fsp3) is 0.407. The van der Waals surface area contributed by atoms with E-state index in [0.29, 0.717) is 18.7 Å². The van der Waals surface area contributed by atoms with Crippen LogP contribution in [-0.2, 0) is 24.3 Å². The third-order valence-corrected chi connectivity index (χ3v) is 7.08. The van der Waals surface area contributed by atoms with E-state index < -0.39 is 11.8 Å². The van der Waals surface area contributed by atoms with Gasteiger partial charge in [-0.1, -0.05) is 26.0 Å². The van der Waals surface area contributed by atoms with Gasteiger partial charge in [0.1, 0.15) is 5.82 Å². The Balaban J connectivity index is 1.77. The number of amides is 1. The molecule has 0 aromatic heterocycles. The fourth-order valence-electron chi connectivity index (χ4n) is 5.12. The first-order chi connectivity index (χ1) is 15.1. The molecule has 0 atom stereocenters. The fourth-order valence-corrected chi connectivity index (χ4v) is 5.12. The normalized spacial score (nSPS) is 17.2. The standard InChI is InChI=1S/C27H30FNO3/c1-16-21(13-24(30)31)25(18-8-10-27(3,4)11-9-18)17(2)23-15-29(14-22(16)23)26(32)19-6-5-7-20(28)12-19/h5-8,12H,9-11,13-15H2,1-4H3,(H,30,31). The summed E-state index contributed by atoms with van der Waals surface area (Å²) < 4.78 is 13.7. The van der Waals surface area contributed by atoms with Gasteiger partial charge >= 0.3 is 5.97 Å². The molecule has 0 radical (unpaired) electrons. The number of halogens is 1. The molecule has 0 saturated carbocycles. The SMILES string of the molecule is Cc1c2c(c(C)c(C3=CCC(C)(C)CC3)c1CC(=O)O)CN(C(=O)c1cccc(F)c1)C2. The van der Waals surface area contributed by atoms with Crippen LogP contribution < -0.4 is 0 Å². The maximum Gasteiger partial charge on any atom is 0.307 e. The summed E-state index contributed by atoms with van der Waals surface area (Å²) in [5, 5.41) is 9.63. The molecule has 1 aliphatic carbocycles. The average molecular weight is 436 g/mol. The molecule has 2 aromatic carbocycles. The lowest BCUT2D eigenvalue weighted by Gasteiger charge is -2.31. The second-order valence-corrected chi connectivity index (χ2v) is 9.90. The van der Waals surface area contributed by atoms with Crippen molar-refractivity contribution in [1.29, 1.82) is 0 Å². The summed E-state index contributed by atoms with van der Waals surface area (Å²) in [6.45, 7) is 9.41. The second-order valence-electron chi connectivity index (χ2n) is 9.90. The lowest BCUT2D eigenvalue weighted by atomic mass is 9.74. The number of carboxylic acids is 1. The molecule has 0 unspecified atom stereocenters. The topological polar surface area (TPSA) is 57.6 Å². The third kappa shape index (κ3) is 4.08. The Hall–Kier alpha value is -2.95. The predicted octanol–water partition coefficient (Wildman–Crippen LogP) is 5.82. The van der Waals surface area contributed by atoms with Crippen LogP contribution in [0.5, 0.6) is 0 Å². The molecular weight excluding hydrogens is 405 g/mol. The zero-order valence-corrected chi connectivity index (χ0v) is 19.2. The maximum absolute atomic E-state index is 13.7. The Bertz CT molecular complexity index is 1150. The molecule has 0 spiro atoms. The van der Waals surface area contributed by atoms with E-state index in [1.54, 1.807) is 17.0 Å². The Morgan fingerprint density at radius 1 is 1.12 bits per heavy atom. The van der Waals surface area contributed by atoms with Crippen LogP contribution in [0.2, 0.25) is 0 Å². The number of hydrogen-bond donors (Lipinski definition) is 1. The van der Waals surface area contributed by atoms with Crippen LogP contribution in [0.4, 0.5) is 4.39 Å². The highest BCUT2D eigenvalue weighted by Crippen LogP contribution is 2.43. The summed E-state index contributed by atoms with van der Waals surface area (Å²) in [5.74, 6) is -1.49. The quantitative estimate of drug-likeness (QED) is 0.658. The number of rotatable bonds is 4. The van der Waals surface area contributed by atoms with Crippen molar-refractivity contribution in [3.8, 4) is 0 Å². The van der Waals surface area contributed by atoms with Crippen molar-refractivity contribution in [1.82, 2.24) is 4.90 Å². The Morgan fingerprint density at radius 3 is 2.41 bits per heavy atom. The highest BCUT2D eigenvalue weighted by molar-refractivity contribution is 5.94. The molecule has 5 heteroatoms. The van der Waals surface area contributed by atoms with Crippen LogP contribution in [0.25, 0.3) is 5.57 Å². The van der Waals surface area contributed by atoms with Crippen LogP contribution in [0, 0.1) is 25.1 Å². The van der Waals surface area contributed by atoms with Crippen molar-refractivity contribution in [2.45, 2.75) is 66.5 Å². The van der Waals surface area contributed by atoms with Crippen molar-refractivity contribution in [3.63, 3.8) is 0 Å². The number of benzene rings is 2. The number of carbonyl (C=O) groups is 2. The molecule has 1 N–H and O–H groups in total. The number of hydrogen-bond acceptors (Lipinski definition) is 2. The van der Waals surface area contributed by atoms with E-state index in [1.807, 2.05) is 6.92 Å². The first-order valence-electron chi connectivity index (χ1n) is 11.2. The van der Waals surface area contributed by atoms with Crippen molar-refractivity contribution >= 4 is 17.4 Å². The Kier molecular flexibility index (Phi) is 5.70. The molecule has 1 aliphatic heterocycles. The minimum atomic E-state index is -0.851. The Morgan fingerprint density at radius 2 is 1.81 bits per heavy atom. The summed E-state index contributed by atoms with van der Waals surface area (Å²) in [6, 6.07) is 5.76. The maximum atomic E-state index is 13.7.